The summed E-state index contributed by atoms with van der Waals surface area (Å²) in [6.07, 6.45) is 1.24. The monoisotopic (exact) mass is 113 g/mol. The molecule has 1 N–H and O–H groups in total. The van der Waals surface area contributed by atoms with Crippen molar-refractivity contribution in [2.45, 2.75) is 6.42 Å². The molecule has 1 rings (SSSR count). The highest BCUT2D eigenvalue weighted by Crippen LogP contribution is 1.90. The topological polar surface area (TPSA) is 15.3 Å². The maximum Gasteiger partial charge on any atom is 0.00550 e. The Morgan fingerprint density at radius 3 is 3.00 bits per heavy atom. The van der Waals surface area contributed by atoms with Gasteiger partial charge in [-0.3, -0.25) is 7.05 Å². The van der Waals surface area contributed by atoms with Gasteiger partial charge in [0.15, 0.2) is 0 Å². The van der Waals surface area contributed by atoms with Crippen molar-refractivity contribution in [2.24, 2.45) is 0 Å². The lowest BCUT2D eigenvalue weighted by Crippen LogP contribution is -2.22. The standard InChI is InChI=1S/C6H13N2/c1-8-5-2-3-7-4-6-8/h7H,1-6H2/q-1. The first kappa shape index (κ1) is 6.05. The van der Waals surface area contributed by atoms with E-state index in [0.29, 0.717) is 0 Å². The molecule has 1 saturated heterocycles. The number of nitrogens with one attached hydrogen (secondary N) is 1. The van der Waals surface area contributed by atoms with E-state index in [2.05, 4.69) is 17.3 Å². The third-order valence-corrected chi connectivity index (χ3v) is 1.43. The smallest absolute Gasteiger partial charge is 0.00550 e. The van der Waals surface area contributed by atoms with Crippen LogP contribution in [0.25, 0.3) is 0 Å². The summed E-state index contributed by atoms with van der Waals surface area (Å²) in [4.78, 5) is 2.11. The van der Waals surface area contributed by atoms with Crippen LogP contribution in [-0.4, -0.2) is 31.1 Å². The number of rotatable bonds is 0. The molecule has 0 amide bonds. The number of nitrogens with zero attached hydrogens (tertiary/aromatic N) is 1. The summed E-state index contributed by atoms with van der Waals surface area (Å²) in [5.41, 5.74) is 0. The fourth-order valence-corrected chi connectivity index (χ4v) is 0.902. The van der Waals surface area contributed by atoms with E-state index in [0.717, 1.165) is 26.2 Å². The lowest BCUT2D eigenvalue weighted by molar-refractivity contribution is 0.396. The fourth-order valence-electron chi connectivity index (χ4n) is 0.902. The molecule has 0 aliphatic carbocycles. The highest BCUT2D eigenvalue weighted by molar-refractivity contribution is 4.63. The van der Waals surface area contributed by atoms with Gasteiger partial charge in [-0.1, -0.05) is 0 Å². The van der Waals surface area contributed by atoms with Crippen molar-refractivity contribution in [3.8, 4) is 0 Å². The highest BCUT2D eigenvalue weighted by Gasteiger charge is 1.95. The van der Waals surface area contributed by atoms with Crippen molar-refractivity contribution < 1.29 is 0 Å². The average Bonchev–Trinajstić information content (AvgIpc) is 1.94. The zero-order valence-corrected chi connectivity index (χ0v) is 5.19. The molecule has 1 heterocycles. The van der Waals surface area contributed by atoms with E-state index in [9.17, 15) is 0 Å². The van der Waals surface area contributed by atoms with Gasteiger partial charge in [-0.2, -0.15) is 0 Å². The lowest BCUT2D eigenvalue weighted by Gasteiger charge is -2.20. The van der Waals surface area contributed by atoms with E-state index in [1.54, 1.807) is 0 Å². The molecule has 0 aromatic heterocycles. The molecule has 0 aromatic rings. The first-order chi connectivity index (χ1) is 3.89. The highest BCUT2D eigenvalue weighted by atomic mass is 15.1. The number of hydrogen-bond donors (Lipinski definition) is 1. The van der Waals surface area contributed by atoms with Crippen LogP contribution in [0.3, 0.4) is 0 Å². The predicted molar refractivity (Wildman–Crippen MR) is 34.4 cm³/mol. The van der Waals surface area contributed by atoms with E-state index in [4.69, 9.17) is 0 Å². The summed E-state index contributed by atoms with van der Waals surface area (Å²) in [6.45, 7) is 4.50. The molecule has 1 aliphatic heterocycles. The van der Waals surface area contributed by atoms with Gasteiger partial charge < -0.3 is 10.2 Å². The summed E-state index contributed by atoms with van der Waals surface area (Å²) in [7, 11) is 3.85. The first-order valence-corrected chi connectivity index (χ1v) is 3.16. The molecule has 0 bridgehead atoms. The van der Waals surface area contributed by atoms with Crippen LogP contribution in [-0.2, 0) is 0 Å². The van der Waals surface area contributed by atoms with Crippen LogP contribution in [0.2, 0.25) is 0 Å². The van der Waals surface area contributed by atoms with Gasteiger partial charge in [-0.15, -0.1) is 0 Å². The van der Waals surface area contributed by atoms with Crippen molar-refractivity contribution >= 4 is 0 Å². The van der Waals surface area contributed by atoms with Crippen molar-refractivity contribution in [2.75, 3.05) is 26.2 Å². The SMILES string of the molecule is [CH2-]N1CCCNCC1. The Labute approximate surface area is 50.9 Å². The van der Waals surface area contributed by atoms with E-state index in [1.807, 2.05) is 0 Å². The van der Waals surface area contributed by atoms with E-state index < -0.39 is 0 Å². The Kier molecular flexibility index (Phi) is 2.30. The van der Waals surface area contributed by atoms with Crippen LogP contribution in [0, 0.1) is 7.05 Å². The molecule has 1 aliphatic rings. The molecule has 0 unspecified atom stereocenters. The van der Waals surface area contributed by atoms with Crippen LogP contribution in [0.5, 0.6) is 0 Å². The summed E-state index contributed by atoms with van der Waals surface area (Å²) in [5, 5.41) is 3.30. The van der Waals surface area contributed by atoms with E-state index in [-0.39, 0.29) is 0 Å². The Hall–Kier alpha value is -0.0800. The Morgan fingerprint density at radius 2 is 2.12 bits per heavy atom. The maximum atomic E-state index is 3.85. The lowest BCUT2D eigenvalue weighted by atomic mass is 10.4. The van der Waals surface area contributed by atoms with Gasteiger partial charge in [0.2, 0.25) is 0 Å². The molecule has 0 spiro atoms. The molecule has 1 fully saturated rings. The maximum absolute atomic E-state index is 3.85. The Morgan fingerprint density at radius 1 is 1.25 bits per heavy atom. The van der Waals surface area contributed by atoms with Gasteiger partial charge in [-0.25, -0.2) is 0 Å². The predicted octanol–water partition coefficient (Wildman–Crippen LogP) is 0.0733. The molecular weight excluding hydrogens is 100 g/mol. The minimum atomic E-state index is 1.10. The van der Waals surface area contributed by atoms with Gasteiger partial charge in [-0.05, 0) is 26.1 Å². The van der Waals surface area contributed by atoms with Crippen LogP contribution in [0.15, 0.2) is 0 Å². The third-order valence-electron chi connectivity index (χ3n) is 1.43. The quantitative estimate of drug-likeness (QED) is 0.447. The van der Waals surface area contributed by atoms with Crippen LogP contribution in [0.1, 0.15) is 6.42 Å². The van der Waals surface area contributed by atoms with Crippen molar-refractivity contribution in [1.82, 2.24) is 10.2 Å². The Balaban J connectivity index is 2.17. The van der Waals surface area contributed by atoms with Crippen molar-refractivity contribution in [3.05, 3.63) is 7.05 Å². The molecule has 2 nitrogen and oxygen atoms in total. The second kappa shape index (κ2) is 3.05. The molecule has 48 valence electrons. The van der Waals surface area contributed by atoms with Gasteiger partial charge >= 0.3 is 0 Å². The van der Waals surface area contributed by atoms with Crippen molar-refractivity contribution in [1.29, 1.82) is 0 Å². The molecule has 0 radical (unpaired) electrons. The second-order valence-electron chi connectivity index (χ2n) is 2.22. The molecule has 0 aromatic carbocycles. The van der Waals surface area contributed by atoms with Crippen molar-refractivity contribution in [3.63, 3.8) is 0 Å². The zero-order chi connectivity index (χ0) is 5.82. The van der Waals surface area contributed by atoms with Crippen LogP contribution >= 0.6 is 0 Å². The van der Waals surface area contributed by atoms with Gasteiger partial charge in [0.05, 0.1) is 0 Å². The minimum Gasteiger partial charge on any atom is -0.458 e. The van der Waals surface area contributed by atoms with E-state index >= 15 is 0 Å². The first-order valence-electron chi connectivity index (χ1n) is 3.16. The number of hydrogen-bond acceptors (Lipinski definition) is 2. The largest absolute Gasteiger partial charge is 0.458 e. The molecule has 8 heavy (non-hydrogen) atoms. The molecule has 0 atom stereocenters. The normalized spacial score (nSPS) is 25.1. The summed E-state index contributed by atoms with van der Waals surface area (Å²) in [6, 6.07) is 0. The minimum absolute atomic E-state index is 1.10. The van der Waals surface area contributed by atoms with E-state index in [1.165, 1.54) is 6.42 Å². The average molecular weight is 113 g/mol. The zero-order valence-electron chi connectivity index (χ0n) is 5.19. The molecular formula is C6H13N2-. The second-order valence-corrected chi connectivity index (χ2v) is 2.22. The summed E-state index contributed by atoms with van der Waals surface area (Å²) in [5.74, 6) is 0. The fraction of sp³-hybridized carbons (Fsp3) is 0.833. The van der Waals surface area contributed by atoms with Gasteiger partial charge in [0.25, 0.3) is 0 Å². The van der Waals surface area contributed by atoms with Crippen LogP contribution < -0.4 is 5.32 Å². The Bertz CT molecular complexity index is 55.5. The van der Waals surface area contributed by atoms with Gasteiger partial charge in [0.1, 0.15) is 0 Å². The van der Waals surface area contributed by atoms with Gasteiger partial charge in [0, 0.05) is 6.54 Å². The summed E-state index contributed by atoms with van der Waals surface area (Å²) < 4.78 is 0. The van der Waals surface area contributed by atoms with Crippen LogP contribution in [0.4, 0.5) is 0 Å². The third kappa shape index (κ3) is 1.80. The summed E-state index contributed by atoms with van der Waals surface area (Å²) >= 11 is 0. The molecule has 2 heteroatoms. The molecule has 0 saturated carbocycles.